The maximum atomic E-state index is 11.2. The van der Waals surface area contributed by atoms with Crippen molar-refractivity contribution in [3.8, 4) is 5.75 Å². The summed E-state index contributed by atoms with van der Waals surface area (Å²) < 4.78 is 15.7. The van der Waals surface area contributed by atoms with Gasteiger partial charge in [-0.25, -0.2) is 4.79 Å². The van der Waals surface area contributed by atoms with Gasteiger partial charge in [0.1, 0.15) is 30.2 Å². The van der Waals surface area contributed by atoms with E-state index in [1.165, 1.54) is 0 Å². The van der Waals surface area contributed by atoms with Gasteiger partial charge in [-0.05, 0) is 24.1 Å². The van der Waals surface area contributed by atoms with Crippen molar-refractivity contribution in [2.45, 2.75) is 56.1 Å². The number of carbonyl (C=O) groups is 2. The first-order valence-electron chi connectivity index (χ1n) is 8.22. The first-order chi connectivity index (χ1) is 12.3. The van der Waals surface area contributed by atoms with E-state index in [4.69, 9.17) is 19.3 Å². The van der Waals surface area contributed by atoms with Crippen LogP contribution in [0.25, 0.3) is 0 Å². The molecule has 2 fully saturated rings. The maximum absolute atomic E-state index is 11.2. The van der Waals surface area contributed by atoms with Crippen molar-refractivity contribution in [3.63, 3.8) is 0 Å². The van der Waals surface area contributed by atoms with E-state index in [9.17, 15) is 24.9 Å². The minimum absolute atomic E-state index is 0.206. The van der Waals surface area contributed by atoms with Crippen LogP contribution in [0.3, 0.4) is 0 Å². The van der Waals surface area contributed by atoms with Gasteiger partial charge in [-0.1, -0.05) is 12.1 Å². The molecule has 0 saturated carbocycles. The Morgan fingerprint density at radius 2 is 1.96 bits per heavy atom. The number of esters is 1. The van der Waals surface area contributed by atoms with Crippen molar-refractivity contribution in [2.24, 2.45) is 0 Å². The van der Waals surface area contributed by atoms with Crippen LogP contribution in [0.5, 0.6) is 5.75 Å². The van der Waals surface area contributed by atoms with Crippen LogP contribution in [0.1, 0.15) is 18.4 Å². The second-order valence-corrected chi connectivity index (χ2v) is 6.36. The lowest BCUT2D eigenvalue weighted by Gasteiger charge is -2.38. The maximum Gasteiger partial charge on any atom is 0.335 e. The van der Waals surface area contributed by atoms with Gasteiger partial charge in [0.25, 0.3) is 0 Å². The molecule has 142 valence electrons. The Kier molecular flexibility index (Phi) is 5.42. The molecule has 0 radical (unpaired) electrons. The molecule has 0 bridgehead atoms. The first kappa shape index (κ1) is 18.6. The molecule has 4 N–H and O–H groups in total. The minimum Gasteiger partial charge on any atom is -0.479 e. The smallest absolute Gasteiger partial charge is 0.335 e. The molecular formula is C17H20O9. The van der Waals surface area contributed by atoms with E-state index >= 15 is 0 Å². The van der Waals surface area contributed by atoms with Crippen molar-refractivity contribution >= 4 is 11.9 Å². The molecular weight excluding hydrogens is 348 g/mol. The number of rotatable bonds is 5. The zero-order valence-electron chi connectivity index (χ0n) is 13.7. The summed E-state index contributed by atoms with van der Waals surface area (Å²) in [6, 6.07) is 6.73. The van der Waals surface area contributed by atoms with Gasteiger partial charge in [-0.3, -0.25) is 4.79 Å². The Labute approximate surface area is 148 Å². The van der Waals surface area contributed by atoms with Crippen molar-refractivity contribution in [2.75, 3.05) is 0 Å². The van der Waals surface area contributed by atoms with E-state index in [2.05, 4.69) is 0 Å². The van der Waals surface area contributed by atoms with E-state index in [0.717, 1.165) is 5.56 Å². The number of hydrogen-bond acceptors (Lipinski definition) is 8. The average Bonchev–Trinajstić information content (AvgIpc) is 3.00. The highest BCUT2D eigenvalue weighted by molar-refractivity contribution is 5.73. The summed E-state index contributed by atoms with van der Waals surface area (Å²) in [6.07, 6.45) is -6.99. The molecule has 1 aromatic carbocycles. The number of benzene rings is 1. The van der Waals surface area contributed by atoms with Gasteiger partial charge in [0.05, 0.1) is 0 Å². The predicted octanol–water partition coefficient (Wildman–Crippen LogP) is -0.794. The van der Waals surface area contributed by atoms with Crippen molar-refractivity contribution in [1.82, 2.24) is 0 Å². The lowest BCUT2D eigenvalue weighted by Crippen LogP contribution is -2.61. The average molecular weight is 368 g/mol. The summed E-state index contributed by atoms with van der Waals surface area (Å²) in [6.45, 7) is 0. The van der Waals surface area contributed by atoms with Gasteiger partial charge in [0, 0.05) is 12.8 Å². The molecule has 9 nitrogen and oxygen atoms in total. The van der Waals surface area contributed by atoms with Crippen LogP contribution >= 0.6 is 0 Å². The Balaban J connectivity index is 1.68. The van der Waals surface area contributed by atoms with Crippen LogP contribution in [-0.2, 0) is 25.5 Å². The molecule has 2 saturated heterocycles. The van der Waals surface area contributed by atoms with Crippen molar-refractivity contribution in [3.05, 3.63) is 29.8 Å². The fraction of sp³-hybridized carbons (Fsp3) is 0.529. The normalized spacial score (nSPS) is 34.3. The molecule has 6 atom stereocenters. The fourth-order valence-corrected chi connectivity index (χ4v) is 3.02. The van der Waals surface area contributed by atoms with Crippen molar-refractivity contribution < 1.29 is 44.2 Å². The third kappa shape index (κ3) is 3.96. The van der Waals surface area contributed by atoms with Gasteiger partial charge in [-0.15, -0.1) is 0 Å². The van der Waals surface area contributed by atoms with Crippen LogP contribution < -0.4 is 4.74 Å². The van der Waals surface area contributed by atoms with Gasteiger partial charge in [0.2, 0.25) is 6.29 Å². The summed E-state index contributed by atoms with van der Waals surface area (Å²) in [5.41, 5.74) is 0.822. The lowest BCUT2D eigenvalue weighted by molar-refractivity contribution is -0.271. The van der Waals surface area contributed by atoms with Gasteiger partial charge in [-0.2, -0.15) is 0 Å². The van der Waals surface area contributed by atoms with Crippen LogP contribution in [0.2, 0.25) is 0 Å². The van der Waals surface area contributed by atoms with Gasteiger partial charge < -0.3 is 34.6 Å². The molecule has 0 aromatic heterocycles. The van der Waals surface area contributed by atoms with E-state index in [1.54, 1.807) is 18.2 Å². The van der Waals surface area contributed by atoms with Crippen LogP contribution in [-0.4, -0.2) is 69.2 Å². The Hall–Kier alpha value is -2.20. The number of aliphatic carboxylic acids is 1. The number of aliphatic hydroxyl groups is 3. The zero-order valence-corrected chi connectivity index (χ0v) is 13.7. The standard InChI is InChI=1S/C17H20O9/c18-11-5-4-10(24-11)7-8-2-1-3-9(6-8)25-17-14(21)12(19)13(20)15(26-17)16(22)23/h1-3,6,10,12-15,17,19-21H,4-5,7H2,(H,22,23). The number of carboxylic acid groups (broad SMARTS) is 1. The largest absolute Gasteiger partial charge is 0.479 e. The third-order valence-corrected chi connectivity index (χ3v) is 4.40. The van der Waals surface area contributed by atoms with Gasteiger partial charge in [0.15, 0.2) is 6.10 Å². The van der Waals surface area contributed by atoms with E-state index in [1.807, 2.05) is 6.07 Å². The molecule has 2 heterocycles. The zero-order chi connectivity index (χ0) is 18.8. The number of cyclic esters (lactones) is 1. The van der Waals surface area contributed by atoms with E-state index < -0.39 is 36.7 Å². The fourth-order valence-electron chi connectivity index (χ4n) is 3.02. The van der Waals surface area contributed by atoms with E-state index in [0.29, 0.717) is 19.3 Å². The van der Waals surface area contributed by atoms with Crippen molar-refractivity contribution in [1.29, 1.82) is 0 Å². The third-order valence-electron chi connectivity index (χ3n) is 4.40. The molecule has 0 spiro atoms. The highest BCUT2D eigenvalue weighted by atomic mass is 16.7. The molecule has 6 unspecified atom stereocenters. The minimum atomic E-state index is -1.77. The molecule has 1 aromatic rings. The van der Waals surface area contributed by atoms with Crippen LogP contribution in [0.15, 0.2) is 24.3 Å². The Morgan fingerprint density at radius 1 is 1.19 bits per heavy atom. The highest BCUT2D eigenvalue weighted by Crippen LogP contribution is 2.26. The first-order valence-corrected chi connectivity index (χ1v) is 8.22. The highest BCUT2D eigenvalue weighted by Gasteiger charge is 2.48. The predicted molar refractivity (Wildman–Crippen MR) is 84.2 cm³/mol. The van der Waals surface area contributed by atoms with Crippen LogP contribution in [0.4, 0.5) is 0 Å². The molecule has 0 amide bonds. The SMILES string of the molecule is O=C1CCC(Cc2cccc(OC3OC(C(=O)O)C(O)C(O)C3O)c2)O1. The summed E-state index contributed by atoms with van der Waals surface area (Å²) in [7, 11) is 0. The number of ether oxygens (including phenoxy) is 3. The summed E-state index contributed by atoms with van der Waals surface area (Å²) in [5, 5.41) is 38.5. The number of carboxylic acids is 1. The summed E-state index contributed by atoms with van der Waals surface area (Å²) in [5.74, 6) is -1.43. The molecule has 3 rings (SSSR count). The molecule has 0 aliphatic carbocycles. The molecule has 9 heteroatoms. The number of aliphatic hydroxyl groups excluding tert-OH is 3. The van der Waals surface area contributed by atoms with E-state index in [-0.39, 0.29) is 17.8 Å². The van der Waals surface area contributed by atoms with Gasteiger partial charge >= 0.3 is 11.9 Å². The monoisotopic (exact) mass is 368 g/mol. The summed E-state index contributed by atoms with van der Waals surface area (Å²) >= 11 is 0. The second-order valence-electron chi connectivity index (χ2n) is 6.36. The molecule has 2 aliphatic rings. The summed E-state index contributed by atoms with van der Waals surface area (Å²) in [4.78, 5) is 22.3. The topological polar surface area (TPSA) is 143 Å². The number of carbonyl (C=O) groups excluding carboxylic acids is 1. The molecule has 2 aliphatic heterocycles. The lowest BCUT2D eigenvalue weighted by atomic mass is 9.99. The Morgan fingerprint density at radius 3 is 2.62 bits per heavy atom. The quantitative estimate of drug-likeness (QED) is 0.491. The second kappa shape index (κ2) is 7.58. The Bertz CT molecular complexity index is 676. The number of hydrogen-bond donors (Lipinski definition) is 4. The molecule has 26 heavy (non-hydrogen) atoms. The van der Waals surface area contributed by atoms with Crippen LogP contribution in [0, 0.1) is 0 Å².